The van der Waals surface area contributed by atoms with Gasteiger partial charge >= 0.3 is 0 Å². The van der Waals surface area contributed by atoms with Crippen LogP contribution < -0.4 is 5.32 Å². The van der Waals surface area contributed by atoms with Gasteiger partial charge in [0.2, 0.25) is 0 Å². The molecule has 0 aliphatic carbocycles. The molecule has 2 atom stereocenters. The number of halogens is 1. The van der Waals surface area contributed by atoms with E-state index in [1.165, 1.54) is 44.3 Å². The maximum Gasteiger partial charge on any atom is 0.193 e. The Bertz CT molecular complexity index is 528. The van der Waals surface area contributed by atoms with E-state index >= 15 is 0 Å². The second-order valence-corrected chi connectivity index (χ2v) is 7.08. The first-order valence-electron chi connectivity index (χ1n) is 9.56. The lowest BCUT2D eigenvalue weighted by atomic mass is 9.99. The number of aliphatic imine (C=N–C) groups is 1. The predicted molar refractivity (Wildman–Crippen MR) is 117 cm³/mol. The average molecular weight is 456 g/mol. The quantitative estimate of drug-likeness (QED) is 0.418. The number of benzene rings is 1. The summed E-state index contributed by atoms with van der Waals surface area (Å²) in [4.78, 5) is 9.60. The molecule has 2 unspecified atom stereocenters. The van der Waals surface area contributed by atoms with Crippen molar-refractivity contribution in [2.45, 2.75) is 44.6 Å². The Morgan fingerprint density at radius 2 is 1.92 bits per heavy atom. The summed E-state index contributed by atoms with van der Waals surface area (Å²) in [5.41, 5.74) is 1.46. The molecule has 1 aromatic rings. The maximum absolute atomic E-state index is 4.54. The van der Waals surface area contributed by atoms with Crippen LogP contribution in [0.3, 0.4) is 0 Å². The molecule has 1 aromatic carbocycles. The molecular weight excluding hydrogens is 423 g/mol. The van der Waals surface area contributed by atoms with E-state index < -0.39 is 0 Å². The minimum Gasteiger partial charge on any atom is -0.355 e. The summed E-state index contributed by atoms with van der Waals surface area (Å²) in [5.74, 6) is 1.70. The summed E-state index contributed by atoms with van der Waals surface area (Å²) in [7, 11) is 1.91. The summed E-state index contributed by atoms with van der Waals surface area (Å²) in [6.45, 7) is 8.01. The van der Waals surface area contributed by atoms with Crippen molar-refractivity contribution < 1.29 is 0 Å². The van der Waals surface area contributed by atoms with Crippen LogP contribution in [0.5, 0.6) is 0 Å². The number of rotatable bonds is 5. The van der Waals surface area contributed by atoms with E-state index in [-0.39, 0.29) is 24.0 Å². The van der Waals surface area contributed by atoms with Gasteiger partial charge in [-0.1, -0.05) is 37.3 Å². The minimum absolute atomic E-state index is 0. The molecule has 2 heterocycles. The van der Waals surface area contributed by atoms with Crippen LogP contribution in [-0.2, 0) is 0 Å². The SMILES string of the molecule is CCC(CNC(=NC)N1CCC(c2ccccc2)C1)N1CCCC1.I. The van der Waals surface area contributed by atoms with E-state index in [1.807, 2.05) is 7.05 Å². The molecule has 0 bridgehead atoms. The van der Waals surface area contributed by atoms with Crippen molar-refractivity contribution in [1.82, 2.24) is 15.1 Å². The third-order valence-electron chi connectivity index (χ3n) is 5.59. The van der Waals surface area contributed by atoms with Crippen molar-refractivity contribution in [1.29, 1.82) is 0 Å². The van der Waals surface area contributed by atoms with E-state index in [9.17, 15) is 0 Å². The molecule has 2 aliphatic rings. The van der Waals surface area contributed by atoms with Crippen LogP contribution in [0.4, 0.5) is 0 Å². The highest BCUT2D eigenvalue weighted by Gasteiger charge is 2.27. The third-order valence-corrected chi connectivity index (χ3v) is 5.59. The van der Waals surface area contributed by atoms with Crippen molar-refractivity contribution >= 4 is 29.9 Å². The van der Waals surface area contributed by atoms with Gasteiger partial charge in [-0.05, 0) is 44.3 Å². The molecule has 140 valence electrons. The van der Waals surface area contributed by atoms with Crippen LogP contribution in [0.1, 0.15) is 44.1 Å². The summed E-state index contributed by atoms with van der Waals surface area (Å²) in [5, 5.41) is 3.65. The lowest BCUT2D eigenvalue weighted by Crippen LogP contribution is -2.47. The Morgan fingerprint density at radius 1 is 1.20 bits per heavy atom. The van der Waals surface area contributed by atoms with Gasteiger partial charge in [-0.3, -0.25) is 9.89 Å². The van der Waals surface area contributed by atoms with Gasteiger partial charge in [0.15, 0.2) is 5.96 Å². The fourth-order valence-electron chi connectivity index (χ4n) is 4.13. The van der Waals surface area contributed by atoms with Crippen LogP contribution >= 0.6 is 24.0 Å². The highest BCUT2D eigenvalue weighted by molar-refractivity contribution is 14.0. The van der Waals surface area contributed by atoms with Crippen LogP contribution in [0.2, 0.25) is 0 Å². The zero-order valence-corrected chi connectivity index (χ0v) is 18.0. The molecular formula is C20H33IN4. The van der Waals surface area contributed by atoms with Gasteiger partial charge < -0.3 is 10.2 Å². The molecule has 0 aromatic heterocycles. The van der Waals surface area contributed by atoms with Gasteiger partial charge in [0.1, 0.15) is 0 Å². The normalized spacial score (nSPS) is 22.7. The predicted octanol–water partition coefficient (Wildman–Crippen LogP) is 3.54. The number of likely N-dealkylation sites (tertiary alicyclic amines) is 2. The first-order valence-corrected chi connectivity index (χ1v) is 9.56. The molecule has 0 amide bonds. The van der Waals surface area contributed by atoms with E-state index in [0.717, 1.165) is 25.6 Å². The smallest absolute Gasteiger partial charge is 0.193 e. The monoisotopic (exact) mass is 456 g/mol. The zero-order valence-electron chi connectivity index (χ0n) is 15.7. The maximum atomic E-state index is 4.54. The van der Waals surface area contributed by atoms with E-state index in [1.54, 1.807) is 0 Å². The van der Waals surface area contributed by atoms with Crippen LogP contribution in [0.25, 0.3) is 0 Å². The first-order chi connectivity index (χ1) is 11.8. The number of guanidine groups is 1. The lowest BCUT2D eigenvalue weighted by Gasteiger charge is -2.29. The van der Waals surface area contributed by atoms with Crippen molar-refractivity contribution in [2.24, 2.45) is 4.99 Å². The van der Waals surface area contributed by atoms with Crippen LogP contribution in [0, 0.1) is 0 Å². The number of hydrogen-bond acceptors (Lipinski definition) is 2. The Morgan fingerprint density at radius 3 is 2.56 bits per heavy atom. The van der Waals surface area contributed by atoms with Gasteiger partial charge in [-0.2, -0.15) is 0 Å². The third kappa shape index (κ3) is 5.33. The molecule has 5 heteroatoms. The van der Waals surface area contributed by atoms with E-state index in [2.05, 4.69) is 57.4 Å². The van der Waals surface area contributed by atoms with E-state index in [4.69, 9.17) is 0 Å². The molecule has 3 rings (SSSR count). The molecule has 2 fully saturated rings. The topological polar surface area (TPSA) is 30.9 Å². The van der Waals surface area contributed by atoms with Crippen LogP contribution in [0.15, 0.2) is 35.3 Å². The van der Waals surface area contributed by atoms with Crippen molar-refractivity contribution in [3.05, 3.63) is 35.9 Å². The molecule has 2 saturated heterocycles. The molecule has 2 aliphatic heterocycles. The molecule has 4 nitrogen and oxygen atoms in total. The van der Waals surface area contributed by atoms with E-state index in [0.29, 0.717) is 12.0 Å². The van der Waals surface area contributed by atoms with Gasteiger partial charge in [-0.15, -0.1) is 24.0 Å². The fraction of sp³-hybridized carbons (Fsp3) is 0.650. The largest absolute Gasteiger partial charge is 0.355 e. The Hall–Kier alpha value is -0.820. The summed E-state index contributed by atoms with van der Waals surface area (Å²) in [6, 6.07) is 11.5. The highest BCUT2D eigenvalue weighted by atomic mass is 127. The van der Waals surface area contributed by atoms with Gasteiger partial charge in [0, 0.05) is 38.6 Å². The van der Waals surface area contributed by atoms with Crippen molar-refractivity contribution in [3.63, 3.8) is 0 Å². The Balaban J connectivity index is 0.00000225. The van der Waals surface area contributed by atoms with Gasteiger partial charge in [0.05, 0.1) is 0 Å². The summed E-state index contributed by atoms with van der Waals surface area (Å²) < 4.78 is 0. The van der Waals surface area contributed by atoms with Crippen LogP contribution in [-0.4, -0.2) is 61.6 Å². The summed E-state index contributed by atoms with van der Waals surface area (Å²) >= 11 is 0. The Labute approximate surface area is 170 Å². The minimum atomic E-state index is 0. The highest BCUT2D eigenvalue weighted by Crippen LogP contribution is 2.26. The second-order valence-electron chi connectivity index (χ2n) is 7.08. The molecule has 0 radical (unpaired) electrons. The van der Waals surface area contributed by atoms with Gasteiger partial charge in [0.25, 0.3) is 0 Å². The second kappa shape index (κ2) is 10.4. The molecule has 0 saturated carbocycles. The van der Waals surface area contributed by atoms with Crippen molar-refractivity contribution in [3.8, 4) is 0 Å². The number of hydrogen-bond donors (Lipinski definition) is 1. The molecule has 25 heavy (non-hydrogen) atoms. The average Bonchev–Trinajstić information content (AvgIpc) is 3.32. The zero-order chi connectivity index (χ0) is 16.8. The number of nitrogens with zero attached hydrogens (tertiary/aromatic N) is 3. The molecule has 1 N–H and O–H groups in total. The summed E-state index contributed by atoms with van der Waals surface area (Å²) in [6.07, 6.45) is 5.14. The Kier molecular flexibility index (Phi) is 8.49. The number of nitrogens with one attached hydrogen (secondary N) is 1. The van der Waals surface area contributed by atoms with Gasteiger partial charge in [-0.25, -0.2) is 0 Å². The van der Waals surface area contributed by atoms with Crippen molar-refractivity contribution in [2.75, 3.05) is 39.8 Å². The molecule has 0 spiro atoms. The first kappa shape index (κ1) is 20.5. The lowest BCUT2D eigenvalue weighted by molar-refractivity contribution is 0.235. The fourth-order valence-corrected chi connectivity index (χ4v) is 4.13. The standard InChI is InChI=1S/C20H32N4.HI/c1-3-19(23-12-7-8-13-23)15-22-20(21-2)24-14-11-18(16-24)17-9-5-4-6-10-17;/h4-6,9-10,18-19H,3,7-8,11-16H2,1-2H3,(H,21,22);1H.